The average Bonchev–Trinajstić information content (AvgIpc) is 2.20. The van der Waals surface area contributed by atoms with E-state index >= 15 is 0 Å². The minimum absolute atomic E-state index is 0.421. The molecule has 20 heavy (non-hydrogen) atoms. The molecule has 0 aliphatic carbocycles. The van der Waals surface area contributed by atoms with Gasteiger partial charge in [0.2, 0.25) is 0 Å². The number of sulfonamides is 2. The summed E-state index contributed by atoms with van der Waals surface area (Å²) in [5.41, 5.74) is -12.4. The molecular formula is C5H8F6NO5PS2. The zero-order chi connectivity index (χ0) is 16.4. The summed E-state index contributed by atoms with van der Waals surface area (Å²) in [4.78, 5) is 0. The van der Waals surface area contributed by atoms with E-state index in [9.17, 15) is 43.2 Å². The van der Waals surface area contributed by atoms with Crippen molar-refractivity contribution >= 4 is 28.8 Å². The van der Waals surface area contributed by atoms with Gasteiger partial charge in [-0.05, 0) is 8.73 Å². The van der Waals surface area contributed by atoms with E-state index in [4.69, 9.17) is 0 Å². The molecule has 122 valence electrons. The SMILES string of the molecule is COCCPN(S(=O)(=O)C(F)(F)F)S(=O)(=O)C(F)(F)F. The molecule has 0 bridgehead atoms. The van der Waals surface area contributed by atoms with Crippen molar-refractivity contribution in [3.8, 4) is 0 Å². The minimum Gasteiger partial charge on any atom is -0.384 e. The van der Waals surface area contributed by atoms with E-state index < -0.39 is 56.0 Å². The van der Waals surface area contributed by atoms with Crippen LogP contribution < -0.4 is 0 Å². The van der Waals surface area contributed by atoms with Crippen LogP contribution in [-0.2, 0) is 24.8 Å². The molecule has 0 rings (SSSR count). The van der Waals surface area contributed by atoms with Crippen LogP contribution in [0.3, 0.4) is 0 Å². The van der Waals surface area contributed by atoms with Crippen LogP contribution in [0.1, 0.15) is 0 Å². The molecule has 0 aliphatic rings. The molecule has 0 amide bonds. The summed E-state index contributed by atoms with van der Waals surface area (Å²) in [7, 11) is -14.1. The van der Waals surface area contributed by atoms with Gasteiger partial charge in [-0.15, -0.1) is 0 Å². The summed E-state index contributed by atoms with van der Waals surface area (Å²) in [6.45, 7) is -0.421. The van der Waals surface area contributed by atoms with Crippen molar-refractivity contribution in [1.82, 2.24) is 3.48 Å². The molecule has 0 saturated heterocycles. The number of nitrogens with zero attached hydrogens (tertiary/aromatic N) is 1. The molecule has 1 atom stereocenters. The largest absolute Gasteiger partial charge is 0.512 e. The monoisotopic (exact) mass is 371 g/mol. The number of ether oxygens (including phenoxy) is 1. The Balaban J connectivity index is 5.78. The van der Waals surface area contributed by atoms with Gasteiger partial charge in [0.15, 0.2) is 0 Å². The van der Waals surface area contributed by atoms with E-state index in [-0.39, 0.29) is 0 Å². The first-order valence-corrected chi connectivity index (χ1v) is 8.38. The Bertz CT molecular complexity index is 481. The fourth-order valence-electron chi connectivity index (χ4n) is 0.726. The van der Waals surface area contributed by atoms with E-state index in [1.807, 2.05) is 0 Å². The molecule has 0 aromatic carbocycles. The highest BCUT2D eigenvalue weighted by Gasteiger charge is 2.61. The van der Waals surface area contributed by atoms with Gasteiger partial charge in [-0.1, -0.05) is 3.48 Å². The van der Waals surface area contributed by atoms with Gasteiger partial charge in [0, 0.05) is 13.3 Å². The molecule has 1 unspecified atom stereocenters. The lowest BCUT2D eigenvalue weighted by Crippen LogP contribution is -2.45. The Labute approximate surface area is 112 Å². The van der Waals surface area contributed by atoms with Gasteiger partial charge in [-0.2, -0.15) is 26.3 Å². The second-order valence-electron chi connectivity index (χ2n) is 3.00. The Kier molecular flexibility index (Phi) is 6.24. The Hall–Kier alpha value is -0.170. The molecule has 0 aromatic heterocycles. The maximum atomic E-state index is 12.2. The first-order chi connectivity index (χ1) is 8.69. The van der Waals surface area contributed by atoms with Crippen molar-refractivity contribution < 1.29 is 47.9 Å². The summed E-state index contributed by atoms with van der Waals surface area (Å²) < 4.78 is 120. The van der Waals surface area contributed by atoms with Gasteiger partial charge in [0.25, 0.3) is 0 Å². The number of alkyl halides is 6. The van der Waals surface area contributed by atoms with E-state index in [0.717, 1.165) is 7.11 Å². The first kappa shape index (κ1) is 19.8. The van der Waals surface area contributed by atoms with Crippen LogP contribution in [0, 0.1) is 0 Å². The molecular weight excluding hydrogens is 363 g/mol. The third-order valence-electron chi connectivity index (χ3n) is 1.57. The standard InChI is InChI=1S/C5H8F6NO5PS2/c1-17-2-3-18-12(19(13,14)4(6,7)8)20(15,16)5(9,10)11/h18H,2-3H2,1H3. The normalized spacial score (nSPS) is 15.4. The first-order valence-electron chi connectivity index (χ1n) is 4.35. The van der Waals surface area contributed by atoms with Crippen LogP contribution in [0.5, 0.6) is 0 Å². The highest BCUT2D eigenvalue weighted by atomic mass is 32.3. The van der Waals surface area contributed by atoms with Crippen molar-refractivity contribution in [3.63, 3.8) is 0 Å². The van der Waals surface area contributed by atoms with Crippen LogP contribution >= 0.6 is 8.73 Å². The molecule has 0 N–H and O–H groups in total. The van der Waals surface area contributed by atoms with Gasteiger partial charge < -0.3 is 4.74 Å². The second kappa shape index (κ2) is 6.30. The lowest BCUT2D eigenvalue weighted by atomic mass is 10.9. The molecule has 0 aliphatic heterocycles. The lowest BCUT2D eigenvalue weighted by molar-refractivity contribution is -0.0505. The van der Waals surface area contributed by atoms with Crippen LogP contribution in [0.15, 0.2) is 0 Å². The van der Waals surface area contributed by atoms with Crippen LogP contribution in [0.2, 0.25) is 0 Å². The number of halogens is 6. The van der Waals surface area contributed by atoms with Crippen molar-refractivity contribution in [2.24, 2.45) is 0 Å². The summed E-state index contributed by atoms with van der Waals surface area (Å²) in [5.74, 6) is 0. The van der Waals surface area contributed by atoms with E-state index in [1.54, 1.807) is 0 Å². The van der Waals surface area contributed by atoms with Gasteiger partial charge in [0.05, 0.1) is 6.61 Å². The third kappa shape index (κ3) is 4.16. The predicted molar refractivity (Wildman–Crippen MR) is 56.8 cm³/mol. The van der Waals surface area contributed by atoms with Crippen molar-refractivity contribution in [2.45, 2.75) is 11.0 Å². The van der Waals surface area contributed by atoms with Crippen LogP contribution in [0.4, 0.5) is 26.3 Å². The minimum atomic E-state index is -6.68. The number of hydrogen-bond acceptors (Lipinski definition) is 5. The predicted octanol–water partition coefficient (Wildman–Crippen LogP) is 1.23. The van der Waals surface area contributed by atoms with Crippen LogP contribution in [-0.4, -0.2) is 51.2 Å². The fourth-order valence-corrected chi connectivity index (χ4v) is 5.65. The Morgan fingerprint density at radius 2 is 1.30 bits per heavy atom. The van der Waals surface area contributed by atoms with Crippen molar-refractivity contribution in [1.29, 1.82) is 0 Å². The quantitative estimate of drug-likeness (QED) is 0.399. The van der Waals surface area contributed by atoms with Gasteiger partial charge in [0.1, 0.15) is 0 Å². The van der Waals surface area contributed by atoms with Gasteiger partial charge in [-0.25, -0.2) is 16.8 Å². The summed E-state index contributed by atoms with van der Waals surface area (Å²) in [6.07, 6.45) is -0.652. The molecule has 0 fully saturated rings. The molecule has 0 spiro atoms. The Morgan fingerprint density at radius 1 is 0.950 bits per heavy atom. The highest BCUT2D eigenvalue weighted by molar-refractivity contribution is 8.09. The van der Waals surface area contributed by atoms with Crippen molar-refractivity contribution in [2.75, 3.05) is 19.9 Å². The van der Waals surface area contributed by atoms with E-state index in [2.05, 4.69) is 4.74 Å². The second-order valence-corrected chi connectivity index (χ2v) is 8.70. The molecule has 0 radical (unpaired) electrons. The van der Waals surface area contributed by atoms with E-state index in [1.165, 1.54) is 0 Å². The molecule has 0 heterocycles. The maximum Gasteiger partial charge on any atom is 0.512 e. The smallest absolute Gasteiger partial charge is 0.384 e. The molecule has 0 aromatic rings. The zero-order valence-electron chi connectivity index (χ0n) is 9.49. The van der Waals surface area contributed by atoms with Crippen molar-refractivity contribution in [3.05, 3.63) is 0 Å². The maximum absolute atomic E-state index is 12.2. The Morgan fingerprint density at radius 3 is 1.55 bits per heavy atom. The third-order valence-corrected chi connectivity index (χ3v) is 7.69. The summed E-state index contributed by atoms with van der Waals surface area (Å²) in [6, 6.07) is 0. The number of hydrogen-bond donors (Lipinski definition) is 0. The topological polar surface area (TPSA) is 80.8 Å². The lowest BCUT2D eigenvalue weighted by Gasteiger charge is -2.23. The summed E-state index contributed by atoms with van der Waals surface area (Å²) in [5, 5.41) is 0. The van der Waals surface area contributed by atoms with Gasteiger partial charge in [-0.3, -0.25) is 0 Å². The molecule has 15 heteroatoms. The average molecular weight is 371 g/mol. The van der Waals surface area contributed by atoms with E-state index in [0.29, 0.717) is 0 Å². The fraction of sp³-hybridized carbons (Fsp3) is 1.00. The number of methoxy groups -OCH3 is 1. The van der Waals surface area contributed by atoms with Gasteiger partial charge >= 0.3 is 31.1 Å². The highest BCUT2D eigenvalue weighted by Crippen LogP contribution is 2.41. The molecule has 6 nitrogen and oxygen atoms in total. The van der Waals surface area contributed by atoms with Crippen LogP contribution in [0.25, 0.3) is 0 Å². The number of rotatable bonds is 6. The molecule has 0 saturated carbocycles. The zero-order valence-corrected chi connectivity index (χ0v) is 12.1. The summed E-state index contributed by atoms with van der Waals surface area (Å²) >= 11 is 0.